The van der Waals surface area contributed by atoms with Crippen LogP contribution >= 0.6 is 0 Å². The van der Waals surface area contributed by atoms with Crippen LogP contribution in [0.5, 0.6) is 0 Å². The first-order valence-electron chi connectivity index (χ1n) is 8.46. The number of nitriles is 1. The zero-order valence-electron chi connectivity index (χ0n) is 14.7. The van der Waals surface area contributed by atoms with E-state index in [2.05, 4.69) is 24.2 Å². The number of aryl methyl sites for hydroxylation is 1. The van der Waals surface area contributed by atoms with E-state index in [9.17, 15) is 10.1 Å². The van der Waals surface area contributed by atoms with Crippen molar-refractivity contribution in [2.75, 3.05) is 32.5 Å². The lowest BCUT2D eigenvalue weighted by molar-refractivity contribution is -0.128. The van der Waals surface area contributed by atoms with Crippen molar-refractivity contribution >= 4 is 11.6 Å². The van der Waals surface area contributed by atoms with Gasteiger partial charge in [-0.15, -0.1) is 0 Å². The Morgan fingerprint density at radius 1 is 1.38 bits per heavy atom. The van der Waals surface area contributed by atoms with Gasteiger partial charge in [-0.05, 0) is 57.1 Å². The molecule has 5 heteroatoms. The lowest BCUT2D eigenvalue weighted by Crippen LogP contribution is -2.44. The second-order valence-electron chi connectivity index (χ2n) is 6.32. The topological polar surface area (TPSA) is 59.4 Å². The molecule has 0 spiro atoms. The number of nitrogens with zero attached hydrogens (tertiary/aromatic N) is 3. The van der Waals surface area contributed by atoms with E-state index in [-0.39, 0.29) is 17.5 Å². The number of likely N-dealkylation sites (N-methyl/N-ethyl adjacent to an activating group) is 1. The molecule has 1 aromatic carbocycles. The Labute approximate surface area is 144 Å². The number of carbonyl (C=O) groups is 1. The molecule has 1 aliphatic heterocycles. The molecule has 1 fully saturated rings. The Hall–Kier alpha value is -2.32. The predicted molar refractivity (Wildman–Crippen MR) is 96.4 cm³/mol. The summed E-state index contributed by atoms with van der Waals surface area (Å²) in [4.78, 5) is 16.5. The second-order valence-corrected chi connectivity index (χ2v) is 6.32. The molecule has 0 atom stereocenters. The summed E-state index contributed by atoms with van der Waals surface area (Å²) in [5.74, 6) is -0.218. The summed E-state index contributed by atoms with van der Waals surface area (Å²) >= 11 is 0. The van der Waals surface area contributed by atoms with Crippen LogP contribution in [-0.4, -0.2) is 48.9 Å². The van der Waals surface area contributed by atoms with E-state index in [1.165, 1.54) is 11.8 Å². The molecular formula is C19H26N4O. The number of carbonyl (C=O) groups excluding carboxylic acids is 1. The highest BCUT2D eigenvalue weighted by molar-refractivity contribution is 5.97. The molecule has 0 unspecified atom stereocenters. The maximum absolute atomic E-state index is 12.6. The van der Waals surface area contributed by atoms with Gasteiger partial charge in [0.05, 0.1) is 0 Å². The quantitative estimate of drug-likeness (QED) is 0.667. The van der Waals surface area contributed by atoms with Gasteiger partial charge in [-0.3, -0.25) is 4.79 Å². The predicted octanol–water partition coefficient (Wildman–Crippen LogP) is 2.62. The highest BCUT2D eigenvalue weighted by Gasteiger charge is 2.25. The van der Waals surface area contributed by atoms with Crippen molar-refractivity contribution in [1.82, 2.24) is 9.80 Å². The van der Waals surface area contributed by atoms with Crippen molar-refractivity contribution in [1.29, 1.82) is 5.26 Å². The lowest BCUT2D eigenvalue weighted by Gasteiger charge is -2.34. The summed E-state index contributed by atoms with van der Waals surface area (Å²) in [5.41, 5.74) is 2.26. The Morgan fingerprint density at radius 3 is 2.54 bits per heavy atom. The fourth-order valence-electron chi connectivity index (χ4n) is 2.87. The number of benzene rings is 1. The van der Waals surface area contributed by atoms with Crippen LogP contribution in [0.3, 0.4) is 0 Å². The van der Waals surface area contributed by atoms with Gasteiger partial charge in [-0.1, -0.05) is 19.1 Å². The van der Waals surface area contributed by atoms with E-state index in [0.29, 0.717) is 0 Å². The van der Waals surface area contributed by atoms with Crippen molar-refractivity contribution in [2.24, 2.45) is 0 Å². The van der Waals surface area contributed by atoms with E-state index in [4.69, 9.17) is 0 Å². The van der Waals surface area contributed by atoms with Gasteiger partial charge in [0.1, 0.15) is 11.6 Å². The highest BCUT2D eigenvalue weighted by Crippen LogP contribution is 2.16. The SMILES string of the molecule is CCc1ccc(N/C=C(/C#N)C(=O)N(C)C2CCN(C)CC2)cc1. The van der Waals surface area contributed by atoms with Gasteiger partial charge in [0.15, 0.2) is 0 Å². The molecule has 1 aliphatic rings. The zero-order valence-corrected chi connectivity index (χ0v) is 14.7. The van der Waals surface area contributed by atoms with Gasteiger partial charge in [0.25, 0.3) is 5.91 Å². The first-order chi connectivity index (χ1) is 11.5. The van der Waals surface area contributed by atoms with Crippen LogP contribution in [0.15, 0.2) is 36.0 Å². The van der Waals surface area contributed by atoms with Crippen LogP contribution in [0, 0.1) is 11.3 Å². The van der Waals surface area contributed by atoms with Gasteiger partial charge < -0.3 is 15.1 Å². The van der Waals surface area contributed by atoms with E-state index in [1.54, 1.807) is 11.9 Å². The number of nitrogens with one attached hydrogen (secondary N) is 1. The number of anilines is 1. The third kappa shape index (κ3) is 4.59. The van der Waals surface area contributed by atoms with Gasteiger partial charge >= 0.3 is 0 Å². The molecule has 1 amide bonds. The zero-order chi connectivity index (χ0) is 17.5. The number of rotatable bonds is 5. The van der Waals surface area contributed by atoms with Crippen molar-refractivity contribution in [3.05, 3.63) is 41.6 Å². The number of amides is 1. The molecule has 1 aromatic rings. The first kappa shape index (κ1) is 18.0. The molecule has 0 aromatic heterocycles. The number of hydrogen-bond donors (Lipinski definition) is 1. The standard InChI is InChI=1S/C19H26N4O/c1-4-15-5-7-17(8-6-15)21-14-16(13-20)19(24)23(3)18-9-11-22(2)12-10-18/h5-8,14,18,21H,4,9-12H2,1-3H3/b16-14-. The van der Waals surface area contributed by atoms with E-state index >= 15 is 0 Å². The molecule has 5 nitrogen and oxygen atoms in total. The van der Waals surface area contributed by atoms with E-state index in [1.807, 2.05) is 30.3 Å². The largest absolute Gasteiger partial charge is 0.360 e. The summed E-state index contributed by atoms with van der Waals surface area (Å²) in [5, 5.41) is 12.4. The van der Waals surface area contributed by atoms with Crippen LogP contribution < -0.4 is 5.32 Å². The minimum absolute atomic E-state index is 0.135. The van der Waals surface area contributed by atoms with E-state index in [0.717, 1.165) is 38.0 Å². The fourth-order valence-corrected chi connectivity index (χ4v) is 2.87. The lowest BCUT2D eigenvalue weighted by atomic mass is 10.0. The fraction of sp³-hybridized carbons (Fsp3) is 0.474. The molecule has 0 radical (unpaired) electrons. The van der Waals surface area contributed by atoms with Crippen molar-refractivity contribution in [2.45, 2.75) is 32.2 Å². The molecule has 0 aliphatic carbocycles. The van der Waals surface area contributed by atoms with Gasteiger partial charge in [0, 0.05) is 25.0 Å². The molecular weight excluding hydrogens is 300 g/mol. The van der Waals surface area contributed by atoms with Gasteiger partial charge in [0.2, 0.25) is 0 Å². The molecule has 1 heterocycles. The first-order valence-corrected chi connectivity index (χ1v) is 8.46. The Bertz CT molecular complexity index is 622. The molecule has 1 saturated heterocycles. The van der Waals surface area contributed by atoms with Crippen LogP contribution in [0.4, 0.5) is 5.69 Å². The monoisotopic (exact) mass is 326 g/mol. The summed E-state index contributed by atoms with van der Waals surface area (Å²) in [6.07, 6.45) is 4.39. The Balaban J connectivity index is 2.00. The maximum atomic E-state index is 12.6. The Kier molecular flexibility index (Phi) is 6.39. The molecule has 1 N–H and O–H groups in total. The average Bonchev–Trinajstić information content (AvgIpc) is 2.62. The number of hydrogen-bond acceptors (Lipinski definition) is 4. The van der Waals surface area contributed by atoms with Crippen LogP contribution in [0.2, 0.25) is 0 Å². The number of piperidine rings is 1. The molecule has 0 saturated carbocycles. The molecule has 2 rings (SSSR count). The molecule has 24 heavy (non-hydrogen) atoms. The molecule has 0 bridgehead atoms. The van der Waals surface area contributed by atoms with Crippen LogP contribution in [0.1, 0.15) is 25.3 Å². The molecule has 128 valence electrons. The minimum atomic E-state index is -0.218. The van der Waals surface area contributed by atoms with Crippen molar-refractivity contribution in [3.63, 3.8) is 0 Å². The van der Waals surface area contributed by atoms with Crippen molar-refractivity contribution < 1.29 is 4.79 Å². The summed E-state index contributed by atoms with van der Waals surface area (Å²) < 4.78 is 0. The van der Waals surface area contributed by atoms with Gasteiger partial charge in [-0.25, -0.2) is 0 Å². The smallest absolute Gasteiger partial charge is 0.266 e. The summed E-state index contributed by atoms with van der Waals surface area (Å²) in [7, 11) is 3.88. The minimum Gasteiger partial charge on any atom is -0.360 e. The number of likely N-dealkylation sites (tertiary alicyclic amines) is 1. The average molecular weight is 326 g/mol. The van der Waals surface area contributed by atoms with Crippen LogP contribution in [-0.2, 0) is 11.2 Å². The summed E-state index contributed by atoms with van der Waals surface area (Å²) in [6, 6.07) is 10.2. The third-order valence-electron chi connectivity index (χ3n) is 4.65. The third-order valence-corrected chi connectivity index (χ3v) is 4.65. The van der Waals surface area contributed by atoms with Crippen molar-refractivity contribution in [3.8, 4) is 6.07 Å². The highest BCUT2D eigenvalue weighted by atomic mass is 16.2. The summed E-state index contributed by atoms with van der Waals surface area (Å²) in [6.45, 7) is 4.07. The van der Waals surface area contributed by atoms with Gasteiger partial charge in [-0.2, -0.15) is 5.26 Å². The normalized spacial score (nSPS) is 16.5. The van der Waals surface area contributed by atoms with E-state index < -0.39 is 0 Å². The second kappa shape index (κ2) is 8.51. The van der Waals surface area contributed by atoms with Crippen LogP contribution in [0.25, 0.3) is 0 Å². The Morgan fingerprint density at radius 2 is 2.00 bits per heavy atom. The maximum Gasteiger partial charge on any atom is 0.266 e.